The zero-order valence-corrected chi connectivity index (χ0v) is 14.0. The zero-order valence-electron chi connectivity index (χ0n) is 13.2. The molecule has 0 aliphatic heterocycles. The minimum Gasteiger partial charge on any atom is -0.332 e. The number of rotatable bonds is 8. The SMILES string of the molecule is CCN(CC(=O)N(CC(C)C)CC(F)(F)F)Cc1cccs1. The number of hydrogen-bond acceptors (Lipinski definition) is 3. The number of hydrogen-bond donors (Lipinski definition) is 0. The second-order valence-corrected chi connectivity index (χ2v) is 6.70. The Kier molecular flexibility index (Phi) is 7.35. The number of likely N-dealkylation sites (N-methyl/N-ethyl adjacent to an activating group) is 1. The van der Waals surface area contributed by atoms with Gasteiger partial charge in [-0.1, -0.05) is 26.8 Å². The topological polar surface area (TPSA) is 23.6 Å². The summed E-state index contributed by atoms with van der Waals surface area (Å²) in [6.45, 7) is 5.66. The van der Waals surface area contributed by atoms with E-state index in [4.69, 9.17) is 0 Å². The van der Waals surface area contributed by atoms with Crippen molar-refractivity contribution in [3.63, 3.8) is 0 Å². The lowest BCUT2D eigenvalue weighted by molar-refractivity contribution is -0.162. The van der Waals surface area contributed by atoms with Crippen LogP contribution in [0.1, 0.15) is 25.6 Å². The van der Waals surface area contributed by atoms with E-state index in [0.717, 1.165) is 9.78 Å². The van der Waals surface area contributed by atoms with Gasteiger partial charge in [-0.2, -0.15) is 13.2 Å². The van der Waals surface area contributed by atoms with Crippen LogP contribution in [0.3, 0.4) is 0 Å². The van der Waals surface area contributed by atoms with Gasteiger partial charge in [0, 0.05) is 18.0 Å². The summed E-state index contributed by atoms with van der Waals surface area (Å²) >= 11 is 1.58. The van der Waals surface area contributed by atoms with Crippen molar-refractivity contribution >= 4 is 17.2 Å². The summed E-state index contributed by atoms with van der Waals surface area (Å²) in [5, 5.41) is 1.94. The van der Waals surface area contributed by atoms with Crippen LogP contribution in [0, 0.1) is 5.92 Å². The van der Waals surface area contributed by atoms with E-state index in [1.807, 2.05) is 29.3 Å². The molecule has 1 aromatic rings. The molecule has 22 heavy (non-hydrogen) atoms. The first-order valence-electron chi connectivity index (χ1n) is 7.30. The van der Waals surface area contributed by atoms with E-state index >= 15 is 0 Å². The Morgan fingerprint density at radius 1 is 1.36 bits per heavy atom. The Morgan fingerprint density at radius 2 is 2.05 bits per heavy atom. The maximum absolute atomic E-state index is 12.6. The predicted molar refractivity (Wildman–Crippen MR) is 82.7 cm³/mol. The van der Waals surface area contributed by atoms with Gasteiger partial charge >= 0.3 is 6.18 Å². The molecule has 0 atom stereocenters. The van der Waals surface area contributed by atoms with Crippen LogP contribution in [0.2, 0.25) is 0 Å². The molecular weight excluding hydrogens is 313 g/mol. The molecule has 0 bridgehead atoms. The molecule has 0 unspecified atom stereocenters. The van der Waals surface area contributed by atoms with Crippen molar-refractivity contribution in [3.05, 3.63) is 22.4 Å². The molecule has 0 spiro atoms. The highest BCUT2D eigenvalue weighted by Crippen LogP contribution is 2.18. The Balaban J connectivity index is 2.66. The van der Waals surface area contributed by atoms with Crippen LogP contribution in [0.5, 0.6) is 0 Å². The van der Waals surface area contributed by atoms with Gasteiger partial charge < -0.3 is 4.90 Å². The van der Waals surface area contributed by atoms with E-state index in [1.54, 1.807) is 25.2 Å². The van der Waals surface area contributed by atoms with Crippen molar-refractivity contribution in [2.75, 3.05) is 26.2 Å². The summed E-state index contributed by atoms with van der Waals surface area (Å²) in [6.07, 6.45) is -4.37. The van der Waals surface area contributed by atoms with Crippen molar-refractivity contribution < 1.29 is 18.0 Å². The van der Waals surface area contributed by atoms with Crippen LogP contribution >= 0.6 is 11.3 Å². The summed E-state index contributed by atoms with van der Waals surface area (Å²) in [4.78, 5) is 16.1. The van der Waals surface area contributed by atoms with Crippen molar-refractivity contribution in [3.8, 4) is 0 Å². The maximum atomic E-state index is 12.6. The van der Waals surface area contributed by atoms with Crippen LogP contribution in [0.25, 0.3) is 0 Å². The molecule has 7 heteroatoms. The molecule has 126 valence electrons. The number of halogens is 3. The highest BCUT2D eigenvalue weighted by atomic mass is 32.1. The lowest BCUT2D eigenvalue weighted by atomic mass is 10.2. The molecular formula is C15H23F3N2OS. The summed E-state index contributed by atoms with van der Waals surface area (Å²) in [7, 11) is 0. The standard InChI is InChI=1S/C15H23F3N2OS/c1-4-19(9-13-6-5-7-22-13)10-14(21)20(8-12(2)3)11-15(16,17)18/h5-7,12H,4,8-11H2,1-3H3. The summed E-state index contributed by atoms with van der Waals surface area (Å²) in [5.41, 5.74) is 0. The zero-order chi connectivity index (χ0) is 16.8. The lowest BCUT2D eigenvalue weighted by Gasteiger charge is -2.28. The van der Waals surface area contributed by atoms with Gasteiger partial charge in [0.1, 0.15) is 6.54 Å². The Bertz CT molecular complexity index is 446. The third-order valence-electron chi connectivity index (χ3n) is 3.07. The second-order valence-electron chi connectivity index (χ2n) is 5.67. The van der Waals surface area contributed by atoms with Gasteiger partial charge in [0.25, 0.3) is 0 Å². The molecule has 1 amide bonds. The summed E-state index contributed by atoms with van der Waals surface area (Å²) in [6, 6.07) is 3.88. The van der Waals surface area contributed by atoms with E-state index in [0.29, 0.717) is 13.1 Å². The lowest BCUT2D eigenvalue weighted by Crippen LogP contribution is -2.45. The number of amides is 1. The summed E-state index contributed by atoms with van der Waals surface area (Å²) < 4.78 is 37.9. The smallest absolute Gasteiger partial charge is 0.332 e. The van der Waals surface area contributed by atoms with Crippen molar-refractivity contribution in [2.45, 2.75) is 33.5 Å². The van der Waals surface area contributed by atoms with E-state index in [2.05, 4.69) is 0 Å². The minimum atomic E-state index is -4.37. The fourth-order valence-electron chi connectivity index (χ4n) is 2.11. The Hall–Kier alpha value is -1.08. The van der Waals surface area contributed by atoms with Gasteiger partial charge in [0.15, 0.2) is 0 Å². The van der Waals surface area contributed by atoms with Crippen molar-refractivity contribution in [1.29, 1.82) is 0 Å². The van der Waals surface area contributed by atoms with Crippen LogP contribution in [0.4, 0.5) is 13.2 Å². The molecule has 3 nitrogen and oxygen atoms in total. The van der Waals surface area contributed by atoms with Gasteiger partial charge in [-0.3, -0.25) is 9.69 Å². The van der Waals surface area contributed by atoms with E-state index < -0.39 is 18.6 Å². The fraction of sp³-hybridized carbons (Fsp3) is 0.667. The van der Waals surface area contributed by atoms with E-state index in [9.17, 15) is 18.0 Å². The molecule has 1 rings (SSSR count). The fourth-order valence-corrected chi connectivity index (χ4v) is 2.85. The molecule has 0 aliphatic rings. The predicted octanol–water partition coefficient (Wildman–Crippen LogP) is 3.62. The number of carbonyl (C=O) groups excluding carboxylic acids is 1. The molecule has 0 aliphatic carbocycles. The molecule has 0 saturated heterocycles. The maximum Gasteiger partial charge on any atom is 0.406 e. The average Bonchev–Trinajstić information content (AvgIpc) is 2.87. The highest BCUT2D eigenvalue weighted by molar-refractivity contribution is 7.09. The van der Waals surface area contributed by atoms with Crippen LogP contribution in [0.15, 0.2) is 17.5 Å². The van der Waals surface area contributed by atoms with Gasteiger partial charge in [0.2, 0.25) is 5.91 Å². The third-order valence-corrected chi connectivity index (χ3v) is 3.94. The quantitative estimate of drug-likeness (QED) is 0.724. The molecule has 1 heterocycles. The van der Waals surface area contributed by atoms with Crippen LogP contribution < -0.4 is 0 Å². The Labute approximate surface area is 133 Å². The number of thiophene rings is 1. The molecule has 0 aromatic carbocycles. The molecule has 0 saturated carbocycles. The first-order valence-corrected chi connectivity index (χ1v) is 8.18. The normalized spacial score (nSPS) is 12.2. The second kappa shape index (κ2) is 8.53. The number of carbonyl (C=O) groups is 1. The average molecular weight is 336 g/mol. The number of nitrogens with zero attached hydrogens (tertiary/aromatic N) is 2. The van der Waals surface area contributed by atoms with Gasteiger partial charge in [-0.15, -0.1) is 11.3 Å². The molecule has 0 N–H and O–H groups in total. The monoisotopic (exact) mass is 336 g/mol. The molecule has 1 aromatic heterocycles. The van der Waals surface area contributed by atoms with E-state index in [-0.39, 0.29) is 19.0 Å². The van der Waals surface area contributed by atoms with Gasteiger partial charge in [-0.05, 0) is 23.9 Å². The number of alkyl halides is 3. The van der Waals surface area contributed by atoms with Crippen molar-refractivity contribution in [2.24, 2.45) is 5.92 Å². The van der Waals surface area contributed by atoms with E-state index in [1.165, 1.54) is 0 Å². The highest BCUT2D eigenvalue weighted by Gasteiger charge is 2.33. The van der Waals surface area contributed by atoms with Crippen LogP contribution in [-0.2, 0) is 11.3 Å². The van der Waals surface area contributed by atoms with Gasteiger partial charge in [0.05, 0.1) is 6.54 Å². The molecule has 0 fully saturated rings. The Morgan fingerprint density at radius 3 is 2.50 bits per heavy atom. The van der Waals surface area contributed by atoms with Crippen molar-refractivity contribution in [1.82, 2.24) is 9.80 Å². The largest absolute Gasteiger partial charge is 0.406 e. The summed E-state index contributed by atoms with van der Waals surface area (Å²) in [5.74, 6) is -0.469. The van der Waals surface area contributed by atoms with Crippen LogP contribution in [-0.4, -0.2) is 48.1 Å². The van der Waals surface area contributed by atoms with Gasteiger partial charge in [-0.25, -0.2) is 0 Å². The first-order chi connectivity index (χ1) is 10.2. The first kappa shape index (κ1) is 19.0. The minimum absolute atomic E-state index is 0.00123. The molecule has 0 radical (unpaired) electrons. The third kappa shape index (κ3) is 7.26.